The minimum Gasteiger partial charge on any atom is -0.497 e. The van der Waals surface area contributed by atoms with Gasteiger partial charge in [0.15, 0.2) is 17.1 Å². The highest BCUT2D eigenvalue weighted by atomic mass is 16.5. The van der Waals surface area contributed by atoms with Gasteiger partial charge in [-0.1, -0.05) is 0 Å². The molecule has 0 radical (unpaired) electrons. The number of benzene rings is 2. The number of methoxy groups -OCH3 is 4. The first-order chi connectivity index (χ1) is 17.4. The molecule has 0 fully saturated rings. The van der Waals surface area contributed by atoms with Crippen LogP contribution in [0.3, 0.4) is 0 Å². The highest BCUT2D eigenvalue weighted by Crippen LogP contribution is 2.38. The fourth-order valence-electron chi connectivity index (χ4n) is 4.27. The van der Waals surface area contributed by atoms with E-state index in [-0.39, 0.29) is 12.3 Å². The second kappa shape index (κ2) is 10.6. The smallest absolute Gasteiger partial charge is 0.225 e. The first-order valence-corrected chi connectivity index (χ1v) is 11.5. The molecule has 2 aromatic heterocycles. The van der Waals surface area contributed by atoms with Crippen LogP contribution in [-0.2, 0) is 11.2 Å². The maximum atomic E-state index is 12.9. The first-order valence-electron chi connectivity index (χ1n) is 11.5. The summed E-state index contributed by atoms with van der Waals surface area (Å²) in [5.41, 5.74) is 4.59. The number of fused-ring (bicyclic) bond motifs is 1. The van der Waals surface area contributed by atoms with Gasteiger partial charge in [0.25, 0.3) is 0 Å². The number of ether oxygens (including phenoxy) is 4. The quantitative estimate of drug-likeness (QED) is 0.365. The van der Waals surface area contributed by atoms with Crippen LogP contribution in [0.15, 0.2) is 42.7 Å². The van der Waals surface area contributed by atoms with Crippen molar-refractivity contribution in [1.29, 1.82) is 0 Å². The van der Waals surface area contributed by atoms with Crippen LogP contribution in [0.4, 0.5) is 5.82 Å². The molecule has 0 aliphatic carbocycles. The SMILES string of the molecule is COc1ccc(-n2c(C)c(C)c3c(NC(=O)CCc4cc(OC)c(OC)c(OC)c4)ncnc32)cc1. The minimum atomic E-state index is -0.155. The number of rotatable bonds is 9. The summed E-state index contributed by atoms with van der Waals surface area (Å²) in [7, 11) is 6.33. The third kappa shape index (κ3) is 4.64. The topological polar surface area (TPSA) is 96.7 Å². The van der Waals surface area contributed by atoms with Gasteiger partial charge in [-0.05, 0) is 67.8 Å². The predicted octanol–water partition coefficient (Wildman–Crippen LogP) is 4.64. The van der Waals surface area contributed by atoms with Gasteiger partial charge in [0, 0.05) is 17.8 Å². The Balaban J connectivity index is 1.58. The van der Waals surface area contributed by atoms with Crippen molar-refractivity contribution in [3.05, 3.63) is 59.5 Å². The maximum absolute atomic E-state index is 12.9. The van der Waals surface area contributed by atoms with E-state index < -0.39 is 0 Å². The lowest BCUT2D eigenvalue weighted by Crippen LogP contribution is -2.14. The van der Waals surface area contributed by atoms with Crippen molar-refractivity contribution in [2.24, 2.45) is 0 Å². The maximum Gasteiger partial charge on any atom is 0.225 e. The Morgan fingerprint density at radius 3 is 2.17 bits per heavy atom. The molecule has 0 saturated carbocycles. The molecule has 9 heteroatoms. The molecular formula is C27H30N4O5. The molecule has 2 aromatic carbocycles. The summed E-state index contributed by atoms with van der Waals surface area (Å²) in [6.07, 6.45) is 2.21. The van der Waals surface area contributed by atoms with Gasteiger partial charge in [0.2, 0.25) is 11.7 Å². The molecule has 9 nitrogen and oxygen atoms in total. The molecule has 0 aliphatic heterocycles. The zero-order chi connectivity index (χ0) is 25.8. The standard InChI is InChI=1S/C27H30N4O5/c1-16-17(2)31(19-8-10-20(33-3)11-9-19)27-24(16)26(28-15-29-27)30-23(32)12-7-18-13-21(34-4)25(36-6)22(14-18)35-5/h8-11,13-15H,7,12H2,1-6H3,(H,28,29,30,32). The Morgan fingerprint density at radius 2 is 1.58 bits per heavy atom. The van der Waals surface area contributed by atoms with Crippen molar-refractivity contribution in [2.75, 3.05) is 33.8 Å². The number of nitrogens with zero attached hydrogens (tertiary/aromatic N) is 3. The van der Waals surface area contributed by atoms with E-state index >= 15 is 0 Å². The normalized spacial score (nSPS) is 10.8. The van der Waals surface area contributed by atoms with E-state index in [1.165, 1.54) is 6.33 Å². The first kappa shape index (κ1) is 24.8. The highest BCUT2D eigenvalue weighted by Gasteiger charge is 2.19. The fourth-order valence-corrected chi connectivity index (χ4v) is 4.27. The van der Waals surface area contributed by atoms with E-state index in [0.717, 1.165) is 39.3 Å². The highest BCUT2D eigenvalue weighted by molar-refractivity contribution is 6.01. The number of aromatic nitrogens is 3. The van der Waals surface area contributed by atoms with Crippen molar-refractivity contribution in [1.82, 2.24) is 14.5 Å². The Labute approximate surface area is 210 Å². The number of hydrogen-bond donors (Lipinski definition) is 1. The molecule has 1 amide bonds. The zero-order valence-corrected chi connectivity index (χ0v) is 21.3. The summed E-state index contributed by atoms with van der Waals surface area (Å²) in [5.74, 6) is 2.73. The van der Waals surface area contributed by atoms with E-state index in [2.05, 4.69) is 19.9 Å². The molecule has 0 bridgehead atoms. The molecule has 36 heavy (non-hydrogen) atoms. The van der Waals surface area contributed by atoms with E-state index in [0.29, 0.717) is 29.5 Å². The molecule has 1 N–H and O–H groups in total. The largest absolute Gasteiger partial charge is 0.497 e. The van der Waals surface area contributed by atoms with Gasteiger partial charge in [-0.2, -0.15) is 0 Å². The predicted molar refractivity (Wildman–Crippen MR) is 138 cm³/mol. The van der Waals surface area contributed by atoms with Gasteiger partial charge in [-0.25, -0.2) is 9.97 Å². The Kier molecular flexibility index (Phi) is 7.28. The van der Waals surface area contributed by atoms with Crippen molar-refractivity contribution >= 4 is 22.8 Å². The monoisotopic (exact) mass is 490 g/mol. The second-order valence-corrected chi connectivity index (χ2v) is 8.25. The molecule has 188 valence electrons. The summed E-state index contributed by atoms with van der Waals surface area (Å²) in [4.78, 5) is 21.8. The van der Waals surface area contributed by atoms with Crippen LogP contribution in [0.2, 0.25) is 0 Å². The van der Waals surface area contributed by atoms with Crippen LogP contribution >= 0.6 is 0 Å². The Bertz CT molecular complexity index is 1370. The lowest BCUT2D eigenvalue weighted by molar-refractivity contribution is -0.116. The van der Waals surface area contributed by atoms with Crippen LogP contribution in [-0.4, -0.2) is 48.9 Å². The third-order valence-electron chi connectivity index (χ3n) is 6.25. The summed E-state index contributed by atoms with van der Waals surface area (Å²) < 4.78 is 23.5. The van der Waals surface area contributed by atoms with E-state index in [1.54, 1.807) is 28.4 Å². The summed E-state index contributed by atoms with van der Waals surface area (Å²) in [6, 6.07) is 11.5. The van der Waals surface area contributed by atoms with Gasteiger partial charge in [-0.15, -0.1) is 0 Å². The third-order valence-corrected chi connectivity index (χ3v) is 6.25. The number of nitrogens with one attached hydrogen (secondary N) is 1. The molecule has 0 atom stereocenters. The van der Waals surface area contributed by atoms with E-state index in [4.69, 9.17) is 18.9 Å². The Hall–Kier alpha value is -4.27. The summed E-state index contributed by atoms with van der Waals surface area (Å²) in [5, 5.41) is 3.79. The van der Waals surface area contributed by atoms with Crippen molar-refractivity contribution in [2.45, 2.75) is 26.7 Å². The lowest BCUT2D eigenvalue weighted by atomic mass is 10.1. The molecule has 4 aromatic rings. The summed E-state index contributed by atoms with van der Waals surface area (Å²) in [6.45, 7) is 4.03. The molecule has 0 unspecified atom stereocenters. The van der Waals surface area contributed by atoms with Crippen LogP contribution in [0.1, 0.15) is 23.2 Å². The molecule has 0 aliphatic rings. The van der Waals surface area contributed by atoms with Crippen molar-refractivity contribution in [3.8, 4) is 28.7 Å². The average molecular weight is 491 g/mol. The van der Waals surface area contributed by atoms with Gasteiger partial charge < -0.3 is 24.3 Å². The Morgan fingerprint density at radius 1 is 0.917 bits per heavy atom. The lowest BCUT2D eigenvalue weighted by Gasteiger charge is -2.14. The van der Waals surface area contributed by atoms with Crippen molar-refractivity contribution < 1.29 is 23.7 Å². The van der Waals surface area contributed by atoms with Gasteiger partial charge in [0.05, 0.1) is 33.8 Å². The van der Waals surface area contributed by atoms with Crippen LogP contribution in [0.5, 0.6) is 23.0 Å². The molecule has 2 heterocycles. The fraction of sp³-hybridized carbons (Fsp3) is 0.296. The van der Waals surface area contributed by atoms with E-state index in [1.807, 2.05) is 50.2 Å². The van der Waals surface area contributed by atoms with Gasteiger partial charge >= 0.3 is 0 Å². The molecular weight excluding hydrogens is 460 g/mol. The summed E-state index contributed by atoms with van der Waals surface area (Å²) >= 11 is 0. The van der Waals surface area contributed by atoms with Crippen LogP contribution in [0.25, 0.3) is 16.7 Å². The van der Waals surface area contributed by atoms with Gasteiger partial charge in [-0.3, -0.25) is 9.36 Å². The molecule has 0 spiro atoms. The number of hydrogen-bond acceptors (Lipinski definition) is 7. The molecule has 4 rings (SSSR count). The second-order valence-electron chi connectivity index (χ2n) is 8.25. The number of aryl methyl sites for hydroxylation is 2. The number of amides is 1. The van der Waals surface area contributed by atoms with Gasteiger partial charge in [0.1, 0.15) is 17.9 Å². The minimum absolute atomic E-state index is 0.155. The number of carbonyl (C=O) groups excluding carboxylic acids is 1. The average Bonchev–Trinajstić information content (AvgIpc) is 3.17. The zero-order valence-electron chi connectivity index (χ0n) is 21.3. The number of anilines is 1. The number of carbonyl (C=O) groups is 1. The van der Waals surface area contributed by atoms with Crippen molar-refractivity contribution in [3.63, 3.8) is 0 Å². The molecule has 0 saturated heterocycles. The van der Waals surface area contributed by atoms with Crippen LogP contribution < -0.4 is 24.3 Å². The van der Waals surface area contributed by atoms with Crippen LogP contribution in [0, 0.1) is 13.8 Å². The van der Waals surface area contributed by atoms with E-state index in [9.17, 15) is 4.79 Å².